The molecule has 2 aliphatic rings. The highest BCUT2D eigenvalue weighted by atomic mass is 19.4. The number of ether oxygens (including phenoxy) is 2. The van der Waals surface area contributed by atoms with Crippen LogP contribution in [-0.2, 0) is 24.6 Å². The van der Waals surface area contributed by atoms with Gasteiger partial charge in [-0.05, 0) is 110 Å². The van der Waals surface area contributed by atoms with Crippen molar-refractivity contribution in [3.8, 4) is 23.0 Å². The first-order valence-corrected chi connectivity index (χ1v) is 15.9. The average molecular weight is 735 g/mol. The molecule has 0 fully saturated rings. The third kappa shape index (κ3) is 6.34. The molecule has 14 heteroatoms. The first-order chi connectivity index (χ1) is 24.8. The fraction of sp³-hybridized carbons (Fsp3) is 0.179. The molecule has 0 spiro atoms. The highest BCUT2D eigenvalue weighted by molar-refractivity contribution is 6.28. The lowest BCUT2D eigenvalue weighted by Gasteiger charge is -2.39. The van der Waals surface area contributed by atoms with Crippen LogP contribution in [0.5, 0.6) is 23.0 Å². The SMILES string of the molecule is Cc1cc(C(c2cc(C)c(Oc3ccc(N4C(=O)C=CC4=O)cc3)c(C)c2)(C(F)(F)F)C(F)(F)F)cc(C)c1Oc1ccc(N2C(=O)C=CC2=O)cc1. The molecule has 4 aromatic carbocycles. The van der Waals surface area contributed by atoms with Gasteiger partial charge in [-0.15, -0.1) is 0 Å². The normalized spacial score (nSPS) is 14.9. The lowest BCUT2D eigenvalue weighted by atomic mass is 9.71. The molecule has 0 aliphatic carbocycles. The third-order valence-corrected chi connectivity index (χ3v) is 8.89. The summed E-state index contributed by atoms with van der Waals surface area (Å²) in [7, 11) is 0. The second-order valence-electron chi connectivity index (χ2n) is 12.5. The summed E-state index contributed by atoms with van der Waals surface area (Å²) in [4.78, 5) is 49.8. The van der Waals surface area contributed by atoms with Crippen LogP contribution in [0.15, 0.2) is 97.1 Å². The van der Waals surface area contributed by atoms with Gasteiger partial charge in [-0.25, -0.2) is 9.80 Å². The maximum Gasteiger partial charge on any atom is 0.411 e. The van der Waals surface area contributed by atoms with E-state index in [-0.39, 0.29) is 56.6 Å². The largest absolute Gasteiger partial charge is 0.457 e. The smallest absolute Gasteiger partial charge is 0.411 e. The summed E-state index contributed by atoms with van der Waals surface area (Å²) in [5.41, 5.74) is -6.17. The third-order valence-electron chi connectivity index (χ3n) is 8.89. The standard InChI is InChI=1S/C39H28F6N2O6/c1-21-17-25(18-22(2)35(21)52-29-9-5-27(6-10-29)46-31(48)13-14-32(46)49)37(38(40,41)42,39(43,44)45)26-19-23(3)36(24(4)20-26)53-30-11-7-28(8-12-30)47-33(50)15-16-34(47)51/h5-20H,1-4H3. The minimum absolute atomic E-state index is 0.0130. The van der Waals surface area contributed by atoms with Gasteiger partial charge in [0.1, 0.15) is 23.0 Å². The minimum Gasteiger partial charge on any atom is -0.457 e. The number of carbonyl (C=O) groups excluding carboxylic acids is 4. The van der Waals surface area contributed by atoms with Crippen molar-refractivity contribution in [3.63, 3.8) is 0 Å². The van der Waals surface area contributed by atoms with Gasteiger partial charge in [-0.1, -0.05) is 24.3 Å². The Labute approximate surface area is 298 Å². The Morgan fingerprint density at radius 2 is 0.717 bits per heavy atom. The average Bonchev–Trinajstić information content (AvgIpc) is 3.58. The number of imide groups is 2. The molecule has 0 saturated carbocycles. The molecular formula is C39H28F6N2O6. The quantitative estimate of drug-likeness (QED) is 0.133. The summed E-state index contributed by atoms with van der Waals surface area (Å²) >= 11 is 0. The Kier molecular flexibility index (Phi) is 9.05. The lowest BCUT2D eigenvalue weighted by molar-refractivity contribution is -0.288. The summed E-state index contributed by atoms with van der Waals surface area (Å²) in [5.74, 6) is -1.83. The molecule has 6 rings (SSSR count). The Morgan fingerprint density at radius 1 is 0.453 bits per heavy atom. The molecule has 0 atom stereocenters. The fourth-order valence-corrected chi connectivity index (χ4v) is 6.51. The van der Waals surface area contributed by atoms with Crippen LogP contribution in [0.3, 0.4) is 0 Å². The molecule has 0 unspecified atom stereocenters. The molecule has 2 heterocycles. The molecule has 0 aromatic heterocycles. The first-order valence-electron chi connectivity index (χ1n) is 15.9. The van der Waals surface area contributed by atoms with E-state index < -0.39 is 52.5 Å². The highest BCUT2D eigenvalue weighted by Crippen LogP contribution is 2.57. The maximum absolute atomic E-state index is 15.2. The molecule has 53 heavy (non-hydrogen) atoms. The number of hydrogen-bond donors (Lipinski definition) is 0. The molecule has 2 aliphatic heterocycles. The van der Waals surface area contributed by atoms with E-state index in [2.05, 4.69) is 0 Å². The number of amides is 4. The van der Waals surface area contributed by atoms with Crippen LogP contribution in [0.2, 0.25) is 0 Å². The summed E-state index contributed by atoms with van der Waals surface area (Å²) < 4.78 is 103. The number of hydrogen-bond acceptors (Lipinski definition) is 6. The van der Waals surface area contributed by atoms with E-state index in [0.29, 0.717) is 0 Å². The van der Waals surface area contributed by atoms with E-state index in [1.165, 1.54) is 76.2 Å². The maximum atomic E-state index is 15.2. The number of benzene rings is 4. The van der Waals surface area contributed by atoms with Gasteiger partial charge in [-0.2, -0.15) is 26.3 Å². The van der Waals surface area contributed by atoms with Crippen LogP contribution in [0.1, 0.15) is 33.4 Å². The van der Waals surface area contributed by atoms with E-state index in [4.69, 9.17) is 9.47 Å². The van der Waals surface area contributed by atoms with Crippen LogP contribution in [-0.4, -0.2) is 36.0 Å². The van der Waals surface area contributed by atoms with E-state index in [1.54, 1.807) is 0 Å². The van der Waals surface area contributed by atoms with Gasteiger partial charge >= 0.3 is 12.4 Å². The summed E-state index contributed by atoms with van der Waals surface area (Å²) in [6.07, 6.45) is -7.29. The number of nitrogens with zero attached hydrogens (tertiary/aromatic N) is 2. The van der Waals surface area contributed by atoms with E-state index in [0.717, 1.165) is 58.4 Å². The monoisotopic (exact) mass is 734 g/mol. The zero-order valence-electron chi connectivity index (χ0n) is 28.3. The molecule has 4 amide bonds. The zero-order chi connectivity index (χ0) is 38.6. The zero-order valence-corrected chi connectivity index (χ0v) is 28.3. The Bertz CT molecular complexity index is 2000. The van der Waals surface area contributed by atoms with Crippen molar-refractivity contribution in [1.82, 2.24) is 0 Å². The second-order valence-corrected chi connectivity index (χ2v) is 12.5. The van der Waals surface area contributed by atoms with E-state index in [1.807, 2.05) is 0 Å². The van der Waals surface area contributed by atoms with Crippen molar-refractivity contribution < 1.29 is 55.0 Å². The van der Waals surface area contributed by atoms with Crippen LogP contribution < -0.4 is 19.3 Å². The van der Waals surface area contributed by atoms with Crippen LogP contribution in [0.25, 0.3) is 0 Å². The van der Waals surface area contributed by atoms with Crippen LogP contribution in [0, 0.1) is 27.7 Å². The highest BCUT2D eigenvalue weighted by Gasteiger charge is 2.72. The number of rotatable bonds is 8. The number of aryl methyl sites for hydroxylation is 4. The summed E-state index contributed by atoms with van der Waals surface area (Å²) in [6.45, 7) is 5.32. The molecular weight excluding hydrogens is 706 g/mol. The molecule has 0 N–H and O–H groups in total. The van der Waals surface area contributed by atoms with Crippen molar-refractivity contribution in [2.45, 2.75) is 45.5 Å². The predicted molar refractivity (Wildman–Crippen MR) is 181 cm³/mol. The summed E-state index contributed by atoms with van der Waals surface area (Å²) in [6, 6.07) is 14.5. The topological polar surface area (TPSA) is 93.2 Å². The first kappa shape index (κ1) is 36.6. The number of halogens is 6. The Hall–Kier alpha value is -6.18. The lowest BCUT2D eigenvalue weighted by Crippen LogP contribution is -2.55. The molecule has 272 valence electrons. The van der Waals surface area contributed by atoms with Crippen molar-refractivity contribution in [1.29, 1.82) is 0 Å². The second kappa shape index (κ2) is 13.1. The number of anilines is 2. The van der Waals surface area contributed by atoms with Crippen molar-refractivity contribution in [2.75, 3.05) is 9.80 Å². The Balaban J connectivity index is 1.34. The van der Waals surface area contributed by atoms with Gasteiger partial charge in [0.15, 0.2) is 0 Å². The van der Waals surface area contributed by atoms with Crippen LogP contribution in [0.4, 0.5) is 37.7 Å². The molecule has 0 saturated heterocycles. The Morgan fingerprint density at radius 3 is 0.962 bits per heavy atom. The predicted octanol–water partition coefficient (Wildman–Crippen LogP) is 8.77. The van der Waals surface area contributed by atoms with Gasteiger partial charge in [0.2, 0.25) is 5.41 Å². The van der Waals surface area contributed by atoms with Crippen molar-refractivity contribution in [3.05, 3.63) is 130 Å². The summed E-state index contributed by atoms with van der Waals surface area (Å²) in [5, 5.41) is 0. The van der Waals surface area contributed by atoms with Gasteiger partial charge in [0.05, 0.1) is 11.4 Å². The van der Waals surface area contributed by atoms with E-state index in [9.17, 15) is 19.2 Å². The van der Waals surface area contributed by atoms with E-state index >= 15 is 26.3 Å². The number of alkyl halides is 6. The van der Waals surface area contributed by atoms with Gasteiger partial charge < -0.3 is 9.47 Å². The van der Waals surface area contributed by atoms with Gasteiger partial charge in [0.25, 0.3) is 23.6 Å². The minimum atomic E-state index is -5.86. The molecule has 0 radical (unpaired) electrons. The van der Waals surface area contributed by atoms with Crippen molar-refractivity contribution in [2.24, 2.45) is 0 Å². The van der Waals surface area contributed by atoms with Gasteiger partial charge in [0, 0.05) is 24.3 Å². The van der Waals surface area contributed by atoms with Crippen LogP contribution >= 0.6 is 0 Å². The molecule has 8 nitrogen and oxygen atoms in total. The van der Waals surface area contributed by atoms with Crippen molar-refractivity contribution >= 4 is 35.0 Å². The molecule has 4 aromatic rings. The number of carbonyl (C=O) groups is 4. The fourth-order valence-electron chi connectivity index (χ4n) is 6.51. The van der Waals surface area contributed by atoms with Gasteiger partial charge in [-0.3, -0.25) is 19.2 Å². The molecule has 0 bridgehead atoms.